The van der Waals surface area contributed by atoms with Gasteiger partial charge in [-0.3, -0.25) is 4.79 Å². The molecule has 3 rings (SSSR count). The average molecular weight is 367 g/mol. The van der Waals surface area contributed by atoms with Gasteiger partial charge in [-0.1, -0.05) is 42.5 Å². The van der Waals surface area contributed by atoms with Crippen LogP contribution in [-0.2, 0) is 12.3 Å². The van der Waals surface area contributed by atoms with Crippen LogP contribution in [0.4, 0.5) is 0 Å². The van der Waals surface area contributed by atoms with E-state index in [0.29, 0.717) is 17.9 Å². The van der Waals surface area contributed by atoms with Gasteiger partial charge in [-0.05, 0) is 35.4 Å². The number of aliphatic hydroxyl groups excluding tert-OH is 1. The molecule has 4 nitrogen and oxygen atoms in total. The number of furan rings is 1. The van der Waals surface area contributed by atoms with Crippen LogP contribution in [0.25, 0.3) is 0 Å². The van der Waals surface area contributed by atoms with Crippen molar-refractivity contribution < 1.29 is 14.3 Å². The van der Waals surface area contributed by atoms with Gasteiger partial charge in [0.05, 0.1) is 18.9 Å². The highest BCUT2D eigenvalue weighted by Gasteiger charge is 2.09. The minimum Gasteiger partial charge on any atom is -0.467 e. The van der Waals surface area contributed by atoms with Crippen LogP contribution < -0.4 is 5.32 Å². The van der Waals surface area contributed by atoms with Gasteiger partial charge in [0.15, 0.2) is 0 Å². The van der Waals surface area contributed by atoms with Gasteiger partial charge in [-0.2, -0.15) is 11.8 Å². The number of benzene rings is 2. The van der Waals surface area contributed by atoms with Crippen LogP contribution in [0.1, 0.15) is 33.3 Å². The molecule has 3 aromatic rings. The van der Waals surface area contributed by atoms with Crippen molar-refractivity contribution in [3.8, 4) is 0 Å². The fourth-order valence-corrected chi connectivity index (χ4v) is 3.49. The second-order valence-corrected chi connectivity index (χ2v) is 6.93. The van der Waals surface area contributed by atoms with E-state index >= 15 is 0 Å². The Morgan fingerprint density at radius 3 is 2.69 bits per heavy atom. The Bertz CT molecular complexity index is 818. The summed E-state index contributed by atoms with van der Waals surface area (Å²) in [6, 6.07) is 20.8. The fraction of sp³-hybridized carbons (Fsp3) is 0.190. The third-order valence-electron chi connectivity index (χ3n) is 3.92. The summed E-state index contributed by atoms with van der Waals surface area (Å²) in [5, 5.41) is 13.1. The third-order valence-corrected chi connectivity index (χ3v) is 5.01. The lowest BCUT2D eigenvalue weighted by Gasteiger charge is -2.11. The van der Waals surface area contributed by atoms with Gasteiger partial charge in [0.1, 0.15) is 5.76 Å². The molecule has 0 spiro atoms. The first kappa shape index (κ1) is 18.3. The third kappa shape index (κ3) is 5.25. The molecule has 1 unspecified atom stereocenters. The molecule has 0 aliphatic carbocycles. The highest BCUT2D eigenvalue weighted by molar-refractivity contribution is 7.98. The second kappa shape index (κ2) is 9.27. The summed E-state index contributed by atoms with van der Waals surface area (Å²) in [7, 11) is 0. The lowest BCUT2D eigenvalue weighted by atomic mass is 10.1. The van der Waals surface area contributed by atoms with Crippen LogP contribution in [0, 0.1) is 0 Å². The Labute approximate surface area is 157 Å². The van der Waals surface area contributed by atoms with Crippen molar-refractivity contribution in [3.63, 3.8) is 0 Å². The molecule has 26 heavy (non-hydrogen) atoms. The number of rotatable bonds is 8. The van der Waals surface area contributed by atoms with Crippen molar-refractivity contribution in [1.29, 1.82) is 0 Å². The molecule has 0 fully saturated rings. The molecule has 1 atom stereocenters. The van der Waals surface area contributed by atoms with E-state index in [4.69, 9.17) is 4.42 Å². The molecule has 0 saturated heterocycles. The molecule has 0 saturated carbocycles. The SMILES string of the molecule is O=C(NCc1ccco1)c1cccc(CSCC(O)c2ccccc2)c1. The molecule has 0 bridgehead atoms. The first-order valence-electron chi connectivity index (χ1n) is 8.42. The Morgan fingerprint density at radius 1 is 1.08 bits per heavy atom. The Balaban J connectivity index is 1.50. The number of carbonyl (C=O) groups is 1. The van der Waals surface area contributed by atoms with E-state index in [2.05, 4.69) is 5.32 Å². The Hall–Kier alpha value is -2.50. The molecule has 1 heterocycles. The van der Waals surface area contributed by atoms with Crippen LogP contribution >= 0.6 is 11.8 Å². The molecule has 1 aromatic heterocycles. The normalized spacial score (nSPS) is 11.9. The summed E-state index contributed by atoms with van der Waals surface area (Å²) < 4.78 is 5.21. The van der Waals surface area contributed by atoms with Crippen LogP contribution in [-0.4, -0.2) is 16.8 Å². The molecule has 2 aromatic carbocycles. The van der Waals surface area contributed by atoms with Crippen LogP contribution in [0.15, 0.2) is 77.4 Å². The van der Waals surface area contributed by atoms with Gasteiger partial charge in [0.25, 0.3) is 5.91 Å². The zero-order chi connectivity index (χ0) is 18.2. The molecule has 0 radical (unpaired) electrons. The van der Waals surface area contributed by atoms with Gasteiger partial charge >= 0.3 is 0 Å². The number of carbonyl (C=O) groups excluding carboxylic acids is 1. The maximum atomic E-state index is 12.3. The van der Waals surface area contributed by atoms with Gasteiger partial charge in [-0.15, -0.1) is 0 Å². The van der Waals surface area contributed by atoms with E-state index in [0.717, 1.165) is 22.6 Å². The Morgan fingerprint density at radius 2 is 1.92 bits per heavy atom. The first-order chi connectivity index (χ1) is 12.7. The minimum absolute atomic E-state index is 0.127. The first-order valence-corrected chi connectivity index (χ1v) is 9.58. The van der Waals surface area contributed by atoms with E-state index in [1.165, 1.54) is 0 Å². The van der Waals surface area contributed by atoms with Crippen LogP contribution in [0.2, 0.25) is 0 Å². The smallest absolute Gasteiger partial charge is 0.251 e. The number of hydrogen-bond acceptors (Lipinski definition) is 4. The largest absolute Gasteiger partial charge is 0.467 e. The second-order valence-electron chi connectivity index (χ2n) is 5.90. The maximum absolute atomic E-state index is 12.3. The zero-order valence-corrected chi connectivity index (χ0v) is 15.1. The van der Waals surface area contributed by atoms with Crippen LogP contribution in [0.3, 0.4) is 0 Å². The van der Waals surface area contributed by atoms with Crippen LogP contribution in [0.5, 0.6) is 0 Å². The van der Waals surface area contributed by atoms with Gasteiger partial charge in [0.2, 0.25) is 0 Å². The molecule has 0 aliphatic rings. The number of thioether (sulfide) groups is 1. The van der Waals surface area contributed by atoms with Gasteiger partial charge in [0, 0.05) is 17.1 Å². The molecule has 2 N–H and O–H groups in total. The van der Waals surface area contributed by atoms with E-state index in [-0.39, 0.29) is 5.91 Å². The van der Waals surface area contributed by atoms with E-state index in [1.807, 2.05) is 54.6 Å². The van der Waals surface area contributed by atoms with Crippen molar-refractivity contribution in [2.45, 2.75) is 18.4 Å². The summed E-state index contributed by atoms with van der Waals surface area (Å²) in [6.07, 6.45) is 1.10. The topological polar surface area (TPSA) is 62.5 Å². The molecular formula is C21H21NO3S. The zero-order valence-electron chi connectivity index (χ0n) is 14.3. The molecular weight excluding hydrogens is 346 g/mol. The summed E-state index contributed by atoms with van der Waals surface area (Å²) in [5.41, 5.74) is 2.60. The van der Waals surface area contributed by atoms with Crippen molar-refractivity contribution in [3.05, 3.63) is 95.4 Å². The monoisotopic (exact) mass is 367 g/mol. The van der Waals surface area contributed by atoms with Crippen molar-refractivity contribution in [2.75, 3.05) is 5.75 Å². The van der Waals surface area contributed by atoms with Gasteiger partial charge < -0.3 is 14.8 Å². The number of hydrogen-bond donors (Lipinski definition) is 2. The number of amides is 1. The molecule has 134 valence electrons. The van der Waals surface area contributed by atoms with Crippen molar-refractivity contribution >= 4 is 17.7 Å². The number of nitrogens with one attached hydrogen (secondary N) is 1. The summed E-state index contributed by atoms with van der Waals surface area (Å²) in [5.74, 6) is 1.94. The molecule has 1 amide bonds. The molecule has 0 aliphatic heterocycles. The van der Waals surface area contributed by atoms with Gasteiger partial charge in [-0.25, -0.2) is 0 Å². The quantitative estimate of drug-likeness (QED) is 0.627. The fourth-order valence-electron chi connectivity index (χ4n) is 2.54. The molecule has 5 heteroatoms. The standard InChI is InChI=1S/C21H21NO3S/c23-20(17-7-2-1-3-8-17)15-26-14-16-6-4-9-18(12-16)21(24)22-13-19-10-5-11-25-19/h1-12,20,23H,13-15H2,(H,22,24). The van der Waals surface area contributed by atoms with E-state index < -0.39 is 6.10 Å². The van der Waals surface area contributed by atoms with Crippen molar-refractivity contribution in [2.24, 2.45) is 0 Å². The summed E-state index contributed by atoms with van der Waals surface area (Å²) in [6.45, 7) is 0.369. The van der Waals surface area contributed by atoms with E-state index in [9.17, 15) is 9.90 Å². The Kier molecular flexibility index (Phi) is 6.52. The lowest BCUT2D eigenvalue weighted by molar-refractivity contribution is 0.0948. The highest BCUT2D eigenvalue weighted by Crippen LogP contribution is 2.21. The summed E-state index contributed by atoms with van der Waals surface area (Å²) in [4.78, 5) is 12.3. The minimum atomic E-state index is -0.485. The average Bonchev–Trinajstić information content (AvgIpc) is 3.20. The maximum Gasteiger partial charge on any atom is 0.251 e. The summed E-state index contributed by atoms with van der Waals surface area (Å²) >= 11 is 1.64. The van der Waals surface area contributed by atoms with E-state index in [1.54, 1.807) is 30.2 Å². The predicted molar refractivity (Wildman–Crippen MR) is 104 cm³/mol. The predicted octanol–water partition coefficient (Wildman–Crippen LogP) is 4.18. The highest BCUT2D eigenvalue weighted by atomic mass is 32.2. The van der Waals surface area contributed by atoms with Crippen molar-refractivity contribution in [1.82, 2.24) is 5.32 Å². The lowest BCUT2D eigenvalue weighted by Crippen LogP contribution is -2.22. The number of aliphatic hydroxyl groups is 1.